The summed E-state index contributed by atoms with van der Waals surface area (Å²) in [5, 5.41) is 9.14. The second kappa shape index (κ2) is 6.35. The molecule has 2 rings (SSSR count). The highest BCUT2D eigenvalue weighted by molar-refractivity contribution is 5.60. The molecule has 0 N–H and O–H groups in total. The predicted octanol–water partition coefficient (Wildman–Crippen LogP) is 3.58. The molecule has 1 heterocycles. The molecule has 0 bridgehead atoms. The van der Waals surface area contributed by atoms with Crippen LogP contribution in [0.5, 0.6) is 0 Å². The van der Waals surface area contributed by atoms with Gasteiger partial charge in [0.1, 0.15) is 6.07 Å². The predicted molar refractivity (Wildman–Crippen MR) is 73.0 cm³/mol. The molecule has 1 aliphatic heterocycles. The quantitative estimate of drug-likeness (QED) is 0.852. The monoisotopic (exact) mass is 298 g/mol. The van der Waals surface area contributed by atoms with Gasteiger partial charge in [0.25, 0.3) is 0 Å². The van der Waals surface area contributed by atoms with Crippen molar-refractivity contribution in [3.05, 3.63) is 29.3 Å². The Kier molecular flexibility index (Phi) is 4.73. The third-order valence-electron chi connectivity index (χ3n) is 3.61. The lowest BCUT2D eigenvalue weighted by Crippen LogP contribution is -2.32. The molecule has 0 spiro atoms. The molecule has 0 radical (unpaired) electrons. The van der Waals surface area contributed by atoms with Crippen molar-refractivity contribution in [1.29, 1.82) is 5.26 Å². The summed E-state index contributed by atoms with van der Waals surface area (Å²) in [6, 6.07) is 5.17. The van der Waals surface area contributed by atoms with E-state index < -0.39 is 11.7 Å². The van der Waals surface area contributed by atoms with Crippen LogP contribution in [0.4, 0.5) is 18.9 Å². The van der Waals surface area contributed by atoms with E-state index >= 15 is 0 Å². The van der Waals surface area contributed by atoms with Crippen molar-refractivity contribution in [2.45, 2.75) is 32.0 Å². The van der Waals surface area contributed by atoms with Crippen molar-refractivity contribution in [2.75, 3.05) is 24.6 Å². The van der Waals surface area contributed by atoms with Crippen LogP contribution in [0, 0.1) is 11.3 Å². The van der Waals surface area contributed by atoms with Gasteiger partial charge in [-0.1, -0.05) is 0 Å². The topological polar surface area (TPSA) is 36.3 Å². The van der Waals surface area contributed by atoms with Crippen molar-refractivity contribution < 1.29 is 17.9 Å². The molecule has 1 fully saturated rings. The van der Waals surface area contributed by atoms with E-state index in [2.05, 4.69) is 0 Å². The maximum Gasteiger partial charge on any atom is 0.416 e. The third-order valence-corrected chi connectivity index (χ3v) is 3.61. The molecule has 1 aliphatic rings. The third kappa shape index (κ3) is 3.67. The number of anilines is 1. The van der Waals surface area contributed by atoms with Gasteiger partial charge in [-0.3, -0.25) is 0 Å². The Morgan fingerprint density at radius 3 is 2.71 bits per heavy atom. The SMILES string of the molecule is CCN(CC1CCCO1)c1ccc(C(F)(F)F)cc1C#N. The Bertz CT molecular complexity index is 531. The van der Waals surface area contributed by atoms with E-state index in [0.29, 0.717) is 18.8 Å². The summed E-state index contributed by atoms with van der Waals surface area (Å²) in [5.41, 5.74) is -0.218. The number of benzene rings is 1. The molecule has 0 aliphatic carbocycles. The fourth-order valence-corrected chi connectivity index (χ4v) is 2.51. The molecule has 21 heavy (non-hydrogen) atoms. The molecule has 1 saturated heterocycles. The standard InChI is InChI=1S/C15H17F3N2O/c1-2-20(10-13-4-3-7-21-13)14-6-5-12(15(16,17)18)8-11(14)9-19/h5-6,8,13H,2-4,7,10H2,1H3. The smallest absolute Gasteiger partial charge is 0.376 e. The van der Waals surface area contributed by atoms with Crippen LogP contribution in [0.2, 0.25) is 0 Å². The Morgan fingerprint density at radius 1 is 1.43 bits per heavy atom. The van der Waals surface area contributed by atoms with Gasteiger partial charge < -0.3 is 9.64 Å². The Morgan fingerprint density at radius 2 is 2.19 bits per heavy atom. The Hall–Kier alpha value is -1.74. The number of ether oxygens (including phenoxy) is 1. The minimum absolute atomic E-state index is 0.0460. The van der Waals surface area contributed by atoms with E-state index in [9.17, 15) is 13.2 Å². The molecule has 1 atom stereocenters. The van der Waals surface area contributed by atoms with Crippen LogP contribution < -0.4 is 4.90 Å². The van der Waals surface area contributed by atoms with Gasteiger partial charge in [0.2, 0.25) is 0 Å². The first-order chi connectivity index (χ1) is 9.95. The number of nitrogens with zero attached hydrogens (tertiary/aromatic N) is 2. The van der Waals surface area contributed by atoms with Gasteiger partial charge in [0.15, 0.2) is 0 Å². The first-order valence-corrected chi connectivity index (χ1v) is 6.93. The Labute approximate surface area is 121 Å². The van der Waals surface area contributed by atoms with E-state index in [-0.39, 0.29) is 11.7 Å². The van der Waals surface area contributed by atoms with Gasteiger partial charge in [0.05, 0.1) is 22.9 Å². The highest BCUT2D eigenvalue weighted by atomic mass is 19.4. The van der Waals surface area contributed by atoms with Crippen LogP contribution in [-0.4, -0.2) is 25.8 Å². The van der Waals surface area contributed by atoms with Gasteiger partial charge in [-0.25, -0.2) is 0 Å². The van der Waals surface area contributed by atoms with E-state index in [1.807, 2.05) is 17.9 Å². The van der Waals surface area contributed by atoms with Gasteiger partial charge in [-0.2, -0.15) is 18.4 Å². The van der Waals surface area contributed by atoms with Crippen LogP contribution in [-0.2, 0) is 10.9 Å². The number of halogens is 3. The lowest BCUT2D eigenvalue weighted by molar-refractivity contribution is -0.137. The lowest BCUT2D eigenvalue weighted by Gasteiger charge is -2.27. The molecule has 3 nitrogen and oxygen atoms in total. The summed E-state index contributed by atoms with van der Waals surface area (Å²) in [5.74, 6) is 0. The molecule has 0 amide bonds. The normalized spacial score (nSPS) is 18.5. The van der Waals surface area contributed by atoms with Crippen LogP contribution in [0.3, 0.4) is 0 Å². The highest BCUT2D eigenvalue weighted by Crippen LogP contribution is 2.33. The molecular formula is C15H17F3N2O. The van der Waals surface area contributed by atoms with Crippen LogP contribution in [0.1, 0.15) is 30.9 Å². The van der Waals surface area contributed by atoms with Crippen LogP contribution in [0.15, 0.2) is 18.2 Å². The molecule has 6 heteroatoms. The van der Waals surface area contributed by atoms with E-state index in [4.69, 9.17) is 10.00 Å². The number of nitriles is 1. The zero-order valence-corrected chi connectivity index (χ0v) is 11.8. The average molecular weight is 298 g/mol. The van der Waals surface area contributed by atoms with Crippen molar-refractivity contribution in [3.8, 4) is 6.07 Å². The molecule has 114 valence electrons. The van der Waals surface area contributed by atoms with E-state index in [1.165, 1.54) is 6.07 Å². The summed E-state index contributed by atoms with van der Waals surface area (Å²) in [6.45, 7) is 3.84. The first-order valence-electron chi connectivity index (χ1n) is 6.93. The minimum atomic E-state index is -4.43. The van der Waals surface area contributed by atoms with Crippen molar-refractivity contribution in [3.63, 3.8) is 0 Å². The largest absolute Gasteiger partial charge is 0.416 e. The summed E-state index contributed by atoms with van der Waals surface area (Å²) in [4.78, 5) is 1.90. The molecule has 1 unspecified atom stereocenters. The fraction of sp³-hybridized carbons (Fsp3) is 0.533. The van der Waals surface area contributed by atoms with Gasteiger partial charge in [-0.15, -0.1) is 0 Å². The highest BCUT2D eigenvalue weighted by Gasteiger charge is 2.31. The summed E-state index contributed by atoms with van der Waals surface area (Å²) in [6.07, 6.45) is -2.41. The van der Waals surface area contributed by atoms with Gasteiger partial charge in [0, 0.05) is 19.7 Å². The van der Waals surface area contributed by atoms with Crippen molar-refractivity contribution in [2.24, 2.45) is 0 Å². The van der Waals surface area contributed by atoms with Crippen LogP contribution >= 0.6 is 0 Å². The summed E-state index contributed by atoms with van der Waals surface area (Å²) in [7, 11) is 0. The number of likely N-dealkylation sites (N-methyl/N-ethyl adjacent to an activating group) is 1. The van der Waals surface area contributed by atoms with Crippen molar-refractivity contribution >= 4 is 5.69 Å². The molecule has 1 aromatic carbocycles. The maximum atomic E-state index is 12.7. The maximum absolute atomic E-state index is 12.7. The number of hydrogen-bond acceptors (Lipinski definition) is 3. The zero-order valence-electron chi connectivity index (χ0n) is 11.8. The molecule has 0 saturated carbocycles. The molecule has 0 aromatic heterocycles. The summed E-state index contributed by atoms with van der Waals surface area (Å²) < 4.78 is 43.7. The zero-order chi connectivity index (χ0) is 15.5. The lowest BCUT2D eigenvalue weighted by atomic mass is 10.1. The van der Waals surface area contributed by atoms with Crippen molar-refractivity contribution in [1.82, 2.24) is 0 Å². The van der Waals surface area contributed by atoms with Gasteiger partial charge >= 0.3 is 6.18 Å². The van der Waals surface area contributed by atoms with Gasteiger partial charge in [-0.05, 0) is 38.0 Å². The molecule has 1 aromatic rings. The summed E-state index contributed by atoms with van der Waals surface area (Å²) >= 11 is 0. The number of alkyl halides is 3. The molecular weight excluding hydrogens is 281 g/mol. The second-order valence-electron chi connectivity index (χ2n) is 5.02. The van der Waals surface area contributed by atoms with E-state index in [1.54, 1.807) is 0 Å². The second-order valence-corrected chi connectivity index (χ2v) is 5.02. The Balaban J connectivity index is 2.26. The van der Waals surface area contributed by atoms with Crippen LogP contribution in [0.25, 0.3) is 0 Å². The number of rotatable bonds is 4. The van der Waals surface area contributed by atoms with E-state index in [0.717, 1.165) is 31.6 Å². The minimum Gasteiger partial charge on any atom is -0.376 e. The fourth-order valence-electron chi connectivity index (χ4n) is 2.51. The average Bonchev–Trinajstić information content (AvgIpc) is 2.96. The number of hydrogen-bond donors (Lipinski definition) is 0. The first kappa shape index (κ1) is 15.6.